The topological polar surface area (TPSA) is 49.3 Å². The predicted molar refractivity (Wildman–Crippen MR) is 69.4 cm³/mol. The van der Waals surface area contributed by atoms with Crippen LogP contribution in [0.2, 0.25) is 0 Å². The minimum atomic E-state index is -1.12. The van der Waals surface area contributed by atoms with Gasteiger partial charge in [0.25, 0.3) is 0 Å². The SMILES string of the molecule is CSCC(C)CNc1c(F)cccc1C(=O)O. The average molecular weight is 257 g/mol. The Kier molecular flexibility index (Phi) is 5.28. The monoisotopic (exact) mass is 257 g/mol. The molecule has 1 atom stereocenters. The van der Waals surface area contributed by atoms with E-state index in [2.05, 4.69) is 5.32 Å². The molecule has 0 heterocycles. The molecule has 0 saturated heterocycles. The number of halogens is 1. The lowest BCUT2D eigenvalue weighted by Gasteiger charge is -2.14. The van der Waals surface area contributed by atoms with Crippen molar-refractivity contribution in [3.8, 4) is 0 Å². The Labute approximate surface area is 104 Å². The summed E-state index contributed by atoms with van der Waals surface area (Å²) in [6, 6.07) is 4.05. The number of benzene rings is 1. The Morgan fingerprint density at radius 1 is 1.59 bits per heavy atom. The van der Waals surface area contributed by atoms with Crippen molar-refractivity contribution in [2.24, 2.45) is 5.92 Å². The van der Waals surface area contributed by atoms with E-state index in [1.807, 2.05) is 13.2 Å². The summed E-state index contributed by atoms with van der Waals surface area (Å²) in [6.45, 7) is 2.59. The number of carbonyl (C=O) groups is 1. The second-order valence-corrected chi connectivity index (χ2v) is 4.82. The molecule has 94 valence electrons. The summed E-state index contributed by atoms with van der Waals surface area (Å²) < 4.78 is 13.5. The van der Waals surface area contributed by atoms with Gasteiger partial charge in [0.05, 0.1) is 11.3 Å². The second-order valence-electron chi connectivity index (χ2n) is 3.91. The van der Waals surface area contributed by atoms with Gasteiger partial charge in [-0.1, -0.05) is 13.0 Å². The number of anilines is 1. The molecule has 0 spiro atoms. The van der Waals surface area contributed by atoms with Gasteiger partial charge in [0.2, 0.25) is 0 Å². The standard InChI is InChI=1S/C12H16FNO2S/c1-8(7-17-2)6-14-11-9(12(15)16)4-3-5-10(11)13/h3-5,8,14H,6-7H2,1-2H3,(H,15,16). The Morgan fingerprint density at radius 2 is 2.29 bits per heavy atom. The predicted octanol–water partition coefficient (Wildman–Crippen LogP) is 2.93. The zero-order chi connectivity index (χ0) is 12.8. The number of para-hydroxylation sites is 1. The zero-order valence-corrected chi connectivity index (χ0v) is 10.7. The number of hydrogen-bond donors (Lipinski definition) is 2. The van der Waals surface area contributed by atoms with E-state index in [0.29, 0.717) is 12.5 Å². The molecule has 0 aromatic heterocycles. The molecule has 0 radical (unpaired) electrons. The molecule has 3 nitrogen and oxygen atoms in total. The second kappa shape index (κ2) is 6.49. The Morgan fingerprint density at radius 3 is 2.88 bits per heavy atom. The summed E-state index contributed by atoms with van der Waals surface area (Å²) in [5.41, 5.74) is 0.0503. The van der Waals surface area contributed by atoms with Crippen LogP contribution in [-0.4, -0.2) is 29.6 Å². The van der Waals surface area contributed by atoms with Crippen molar-refractivity contribution < 1.29 is 14.3 Å². The molecule has 1 aromatic carbocycles. The molecule has 0 aliphatic rings. The molecule has 1 rings (SSSR count). The van der Waals surface area contributed by atoms with Crippen LogP contribution in [-0.2, 0) is 0 Å². The number of thioether (sulfide) groups is 1. The maximum Gasteiger partial charge on any atom is 0.337 e. The first-order valence-electron chi connectivity index (χ1n) is 5.31. The molecular formula is C12H16FNO2S. The molecular weight excluding hydrogens is 241 g/mol. The number of nitrogens with one attached hydrogen (secondary N) is 1. The summed E-state index contributed by atoms with van der Waals surface area (Å²) in [7, 11) is 0. The minimum Gasteiger partial charge on any atom is -0.478 e. The first-order valence-corrected chi connectivity index (χ1v) is 6.70. The maximum absolute atomic E-state index is 13.5. The van der Waals surface area contributed by atoms with Gasteiger partial charge >= 0.3 is 5.97 Å². The average Bonchev–Trinajstić information content (AvgIpc) is 2.27. The fraction of sp³-hybridized carbons (Fsp3) is 0.417. The van der Waals surface area contributed by atoms with Gasteiger partial charge in [0, 0.05) is 6.54 Å². The maximum atomic E-state index is 13.5. The van der Waals surface area contributed by atoms with Crippen LogP contribution in [0.25, 0.3) is 0 Å². The molecule has 0 bridgehead atoms. The van der Waals surface area contributed by atoms with Crippen molar-refractivity contribution in [1.29, 1.82) is 0 Å². The largest absolute Gasteiger partial charge is 0.478 e. The summed E-state index contributed by atoms with van der Waals surface area (Å²) in [6.07, 6.45) is 2.00. The van der Waals surface area contributed by atoms with E-state index >= 15 is 0 Å². The van der Waals surface area contributed by atoms with Crippen LogP contribution in [0.15, 0.2) is 18.2 Å². The van der Waals surface area contributed by atoms with Gasteiger partial charge in [-0.15, -0.1) is 0 Å². The quantitative estimate of drug-likeness (QED) is 0.822. The van der Waals surface area contributed by atoms with Crippen molar-refractivity contribution in [3.05, 3.63) is 29.6 Å². The highest BCUT2D eigenvalue weighted by Gasteiger charge is 2.14. The number of rotatable bonds is 6. The number of hydrogen-bond acceptors (Lipinski definition) is 3. The Bertz CT molecular complexity index is 398. The third kappa shape index (κ3) is 3.93. The van der Waals surface area contributed by atoms with Gasteiger partial charge < -0.3 is 10.4 Å². The van der Waals surface area contributed by atoms with Crippen molar-refractivity contribution in [2.75, 3.05) is 23.9 Å². The van der Waals surface area contributed by atoms with E-state index in [4.69, 9.17) is 5.11 Å². The van der Waals surface area contributed by atoms with Gasteiger partial charge in [-0.05, 0) is 30.1 Å². The van der Waals surface area contributed by atoms with Crippen LogP contribution < -0.4 is 5.32 Å². The summed E-state index contributed by atoms with van der Waals surface area (Å²) in [5.74, 6) is -0.346. The van der Waals surface area contributed by atoms with Crippen LogP contribution in [0.1, 0.15) is 17.3 Å². The van der Waals surface area contributed by atoms with E-state index < -0.39 is 11.8 Å². The molecule has 2 N–H and O–H groups in total. The third-order valence-corrected chi connectivity index (χ3v) is 3.22. The smallest absolute Gasteiger partial charge is 0.337 e. The van der Waals surface area contributed by atoms with Gasteiger partial charge in [0.15, 0.2) is 0 Å². The molecule has 0 saturated carbocycles. The van der Waals surface area contributed by atoms with Crippen molar-refractivity contribution >= 4 is 23.4 Å². The van der Waals surface area contributed by atoms with E-state index in [9.17, 15) is 9.18 Å². The highest BCUT2D eigenvalue weighted by Crippen LogP contribution is 2.20. The van der Waals surface area contributed by atoms with Gasteiger partial charge in [-0.2, -0.15) is 11.8 Å². The van der Waals surface area contributed by atoms with Gasteiger partial charge in [0.1, 0.15) is 5.82 Å². The highest BCUT2D eigenvalue weighted by molar-refractivity contribution is 7.98. The van der Waals surface area contributed by atoms with E-state index in [1.54, 1.807) is 11.8 Å². The molecule has 17 heavy (non-hydrogen) atoms. The lowest BCUT2D eigenvalue weighted by Crippen LogP contribution is -2.16. The van der Waals surface area contributed by atoms with Crippen molar-refractivity contribution in [1.82, 2.24) is 0 Å². The Balaban J connectivity index is 2.79. The molecule has 0 aliphatic carbocycles. The molecule has 5 heteroatoms. The van der Waals surface area contributed by atoms with Crippen LogP contribution in [0, 0.1) is 11.7 Å². The summed E-state index contributed by atoms with van der Waals surface area (Å²) >= 11 is 1.71. The minimum absolute atomic E-state index is 0.0265. The summed E-state index contributed by atoms with van der Waals surface area (Å²) in [5, 5.41) is 11.8. The van der Waals surface area contributed by atoms with Crippen LogP contribution >= 0.6 is 11.8 Å². The molecule has 0 fully saturated rings. The number of carboxylic acid groups (broad SMARTS) is 1. The third-order valence-electron chi connectivity index (χ3n) is 2.32. The number of carboxylic acids is 1. The zero-order valence-electron chi connectivity index (χ0n) is 9.87. The van der Waals surface area contributed by atoms with E-state index in [1.165, 1.54) is 18.2 Å². The molecule has 0 aliphatic heterocycles. The van der Waals surface area contributed by atoms with Crippen LogP contribution in [0.5, 0.6) is 0 Å². The van der Waals surface area contributed by atoms with Crippen molar-refractivity contribution in [2.45, 2.75) is 6.92 Å². The van der Waals surface area contributed by atoms with Crippen LogP contribution in [0.3, 0.4) is 0 Å². The van der Waals surface area contributed by atoms with Crippen molar-refractivity contribution in [3.63, 3.8) is 0 Å². The fourth-order valence-corrected chi connectivity index (χ4v) is 2.19. The van der Waals surface area contributed by atoms with E-state index in [-0.39, 0.29) is 11.3 Å². The normalized spacial score (nSPS) is 12.2. The highest BCUT2D eigenvalue weighted by atomic mass is 32.2. The van der Waals surface area contributed by atoms with Crippen LogP contribution in [0.4, 0.5) is 10.1 Å². The molecule has 1 aromatic rings. The lowest BCUT2D eigenvalue weighted by molar-refractivity contribution is 0.0697. The summed E-state index contributed by atoms with van der Waals surface area (Å²) in [4.78, 5) is 10.9. The Hall–Kier alpha value is -1.23. The molecule has 0 amide bonds. The first kappa shape index (κ1) is 13.8. The number of aromatic carboxylic acids is 1. The van der Waals surface area contributed by atoms with Gasteiger partial charge in [-0.3, -0.25) is 0 Å². The first-order chi connectivity index (χ1) is 8.06. The van der Waals surface area contributed by atoms with Gasteiger partial charge in [-0.25, -0.2) is 9.18 Å². The lowest BCUT2D eigenvalue weighted by atomic mass is 10.1. The van der Waals surface area contributed by atoms with E-state index in [0.717, 1.165) is 5.75 Å². The molecule has 1 unspecified atom stereocenters. The fourth-order valence-electron chi connectivity index (χ4n) is 1.50.